The van der Waals surface area contributed by atoms with Crippen molar-refractivity contribution in [2.24, 2.45) is 0 Å². The highest BCUT2D eigenvalue weighted by molar-refractivity contribution is 8.13. The standard InChI is InChI=1S/C15H24O3SSi/c1-4-18-20(2,3)12-8-11-19-15(16)13-17-14-9-6-5-7-10-14/h5-7,9-10H,4,8,11-13H2,1-3H3. The highest BCUT2D eigenvalue weighted by Gasteiger charge is 2.20. The summed E-state index contributed by atoms with van der Waals surface area (Å²) in [5.74, 6) is 1.59. The lowest BCUT2D eigenvalue weighted by molar-refractivity contribution is -0.112. The second-order valence-corrected chi connectivity index (χ2v) is 10.6. The Kier molecular flexibility index (Phi) is 7.95. The van der Waals surface area contributed by atoms with Crippen LogP contribution in [-0.2, 0) is 9.22 Å². The summed E-state index contributed by atoms with van der Waals surface area (Å²) < 4.78 is 11.2. The zero-order chi connectivity index (χ0) is 14.8. The van der Waals surface area contributed by atoms with Crippen molar-refractivity contribution in [1.82, 2.24) is 0 Å². The smallest absolute Gasteiger partial charge is 0.226 e. The number of thioether (sulfide) groups is 1. The number of hydrogen-bond donors (Lipinski definition) is 0. The van der Waals surface area contributed by atoms with Crippen LogP contribution in [0, 0.1) is 0 Å². The van der Waals surface area contributed by atoms with Gasteiger partial charge in [0.05, 0.1) is 0 Å². The maximum absolute atomic E-state index is 11.7. The summed E-state index contributed by atoms with van der Waals surface area (Å²) >= 11 is 1.36. The fourth-order valence-electron chi connectivity index (χ4n) is 1.85. The molecule has 0 amide bonds. The Hall–Kier alpha value is -0.783. The molecule has 0 fully saturated rings. The summed E-state index contributed by atoms with van der Waals surface area (Å²) in [6.45, 7) is 7.41. The first kappa shape index (κ1) is 17.3. The SMILES string of the molecule is CCO[Si](C)(C)CCCSC(=O)COc1ccccc1. The van der Waals surface area contributed by atoms with Gasteiger partial charge in [0.15, 0.2) is 14.9 Å². The molecule has 0 aliphatic heterocycles. The summed E-state index contributed by atoms with van der Waals surface area (Å²) in [4.78, 5) is 11.7. The second-order valence-electron chi connectivity index (χ2n) is 5.12. The van der Waals surface area contributed by atoms with Gasteiger partial charge in [-0.1, -0.05) is 30.0 Å². The normalized spacial score (nSPS) is 11.3. The van der Waals surface area contributed by atoms with Crippen molar-refractivity contribution in [3.63, 3.8) is 0 Å². The number of para-hydroxylation sites is 1. The van der Waals surface area contributed by atoms with E-state index in [1.54, 1.807) is 0 Å². The molecule has 0 spiro atoms. The third-order valence-corrected chi connectivity index (χ3v) is 6.38. The third kappa shape index (κ3) is 7.72. The fraction of sp³-hybridized carbons (Fsp3) is 0.533. The van der Waals surface area contributed by atoms with Gasteiger partial charge in [0.1, 0.15) is 5.75 Å². The molecular weight excluding hydrogens is 288 g/mol. The summed E-state index contributed by atoms with van der Waals surface area (Å²) in [5.41, 5.74) is 0. The van der Waals surface area contributed by atoms with Crippen LogP contribution in [0.2, 0.25) is 19.1 Å². The molecule has 0 aromatic heterocycles. The lowest BCUT2D eigenvalue weighted by Gasteiger charge is -2.21. The van der Waals surface area contributed by atoms with Gasteiger partial charge in [0, 0.05) is 12.4 Å². The van der Waals surface area contributed by atoms with E-state index >= 15 is 0 Å². The van der Waals surface area contributed by atoms with Crippen LogP contribution >= 0.6 is 11.8 Å². The Morgan fingerprint density at radius 3 is 2.60 bits per heavy atom. The van der Waals surface area contributed by atoms with Crippen LogP contribution in [0.5, 0.6) is 5.75 Å². The van der Waals surface area contributed by atoms with Gasteiger partial charge in [-0.2, -0.15) is 0 Å². The van der Waals surface area contributed by atoms with Crippen molar-refractivity contribution < 1.29 is 14.0 Å². The molecule has 0 radical (unpaired) electrons. The Bertz CT molecular complexity index is 395. The number of rotatable bonds is 9. The average molecular weight is 313 g/mol. The second kappa shape index (κ2) is 9.21. The fourth-order valence-corrected chi connectivity index (χ4v) is 4.72. The summed E-state index contributed by atoms with van der Waals surface area (Å²) in [6, 6.07) is 10.5. The van der Waals surface area contributed by atoms with Gasteiger partial charge in [0.25, 0.3) is 0 Å². The van der Waals surface area contributed by atoms with E-state index in [2.05, 4.69) is 13.1 Å². The van der Waals surface area contributed by atoms with Gasteiger partial charge in [-0.25, -0.2) is 0 Å². The van der Waals surface area contributed by atoms with Gasteiger partial charge in [-0.15, -0.1) is 0 Å². The van der Waals surface area contributed by atoms with E-state index in [4.69, 9.17) is 9.16 Å². The summed E-state index contributed by atoms with van der Waals surface area (Å²) in [6.07, 6.45) is 1.03. The van der Waals surface area contributed by atoms with E-state index in [-0.39, 0.29) is 11.7 Å². The molecule has 0 N–H and O–H groups in total. The van der Waals surface area contributed by atoms with Crippen LogP contribution in [0.4, 0.5) is 0 Å². The maximum atomic E-state index is 11.7. The topological polar surface area (TPSA) is 35.5 Å². The van der Waals surface area contributed by atoms with Crippen LogP contribution < -0.4 is 4.74 Å². The van der Waals surface area contributed by atoms with Crippen LogP contribution in [0.25, 0.3) is 0 Å². The van der Waals surface area contributed by atoms with Gasteiger partial charge >= 0.3 is 0 Å². The Morgan fingerprint density at radius 2 is 1.95 bits per heavy atom. The van der Waals surface area contributed by atoms with E-state index in [9.17, 15) is 4.79 Å². The number of carbonyl (C=O) groups is 1. The van der Waals surface area contributed by atoms with E-state index in [1.165, 1.54) is 11.8 Å². The van der Waals surface area contributed by atoms with Crippen molar-refractivity contribution in [2.45, 2.75) is 32.5 Å². The lowest BCUT2D eigenvalue weighted by atomic mass is 10.3. The largest absolute Gasteiger partial charge is 0.485 e. The quantitative estimate of drug-likeness (QED) is 0.511. The summed E-state index contributed by atoms with van der Waals surface area (Å²) in [7, 11) is -1.50. The molecule has 0 bridgehead atoms. The van der Waals surface area contributed by atoms with E-state index in [1.807, 2.05) is 37.3 Å². The van der Waals surface area contributed by atoms with Crippen molar-refractivity contribution in [3.8, 4) is 5.75 Å². The van der Waals surface area contributed by atoms with E-state index in [0.717, 1.165) is 30.6 Å². The van der Waals surface area contributed by atoms with Crippen LogP contribution in [0.3, 0.4) is 0 Å². The van der Waals surface area contributed by atoms with Crippen LogP contribution in [0.1, 0.15) is 13.3 Å². The molecule has 1 rings (SSSR count). The van der Waals surface area contributed by atoms with Crippen LogP contribution in [0.15, 0.2) is 30.3 Å². The predicted molar refractivity (Wildman–Crippen MR) is 87.9 cm³/mol. The van der Waals surface area contributed by atoms with Crippen molar-refractivity contribution in [3.05, 3.63) is 30.3 Å². The number of hydrogen-bond acceptors (Lipinski definition) is 4. The van der Waals surface area contributed by atoms with Crippen molar-refractivity contribution >= 4 is 25.2 Å². The molecule has 1 aromatic rings. The molecule has 5 heteroatoms. The number of carbonyl (C=O) groups excluding carboxylic acids is 1. The average Bonchev–Trinajstić information content (AvgIpc) is 2.42. The van der Waals surface area contributed by atoms with Crippen molar-refractivity contribution in [2.75, 3.05) is 19.0 Å². The highest BCUT2D eigenvalue weighted by atomic mass is 32.2. The van der Waals surface area contributed by atoms with Crippen molar-refractivity contribution in [1.29, 1.82) is 0 Å². The zero-order valence-electron chi connectivity index (χ0n) is 12.6. The van der Waals surface area contributed by atoms with E-state index < -0.39 is 8.32 Å². The molecule has 0 saturated carbocycles. The predicted octanol–water partition coefficient (Wildman–Crippen LogP) is 3.96. The first-order valence-electron chi connectivity index (χ1n) is 7.01. The number of benzene rings is 1. The minimum Gasteiger partial charge on any atom is -0.485 e. The zero-order valence-corrected chi connectivity index (χ0v) is 14.4. The summed E-state index contributed by atoms with van der Waals surface area (Å²) in [5, 5.41) is 0.0877. The van der Waals surface area contributed by atoms with Gasteiger partial charge in [-0.3, -0.25) is 4.79 Å². The van der Waals surface area contributed by atoms with Gasteiger partial charge < -0.3 is 9.16 Å². The van der Waals surface area contributed by atoms with Gasteiger partial charge in [-0.05, 0) is 44.6 Å². The lowest BCUT2D eigenvalue weighted by Crippen LogP contribution is -2.30. The Labute approximate surface area is 127 Å². The van der Waals surface area contributed by atoms with E-state index in [0.29, 0.717) is 0 Å². The minimum absolute atomic E-state index is 0.0877. The highest BCUT2D eigenvalue weighted by Crippen LogP contribution is 2.17. The molecule has 0 aliphatic rings. The molecule has 112 valence electrons. The molecule has 1 aromatic carbocycles. The molecular formula is C15H24O3SSi. The monoisotopic (exact) mass is 312 g/mol. The molecule has 20 heavy (non-hydrogen) atoms. The molecule has 3 nitrogen and oxygen atoms in total. The Morgan fingerprint density at radius 1 is 1.25 bits per heavy atom. The molecule has 0 unspecified atom stereocenters. The maximum Gasteiger partial charge on any atom is 0.226 e. The number of ether oxygens (including phenoxy) is 1. The van der Waals surface area contributed by atoms with Crippen LogP contribution in [-0.4, -0.2) is 32.4 Å². The first-order valence-corrected chi connectivity index (χ1v) is 11.1. The minimum atomic E-state index is -1.50. The Balaban J connectivity index is 2.12. The molecule has 0 atom stereocenters. The first-order chi connectivity index (χ1) is 9.53. The molecule has 0 saturated heterocycles. The molecule has 0 heterocycles. The molecule has 0 aliphatic carbocycles. The van der Waals surface area contributed by atoms with Gasteiger partial charge in [0.2, 0.25) is 5.12 Å². The third-order valence-electron chi connectivity index (χ3n) is 2.82.